The third kappa shape index (κ3) is 4.18. The molecule has 0 aromatic rings. The summed E-state index contributed by atoms with van der Waals surface area (Å²) >= 11 is 5.62. The van der Waals surface area contributed by atoms with Gasteiger partial charge in [-0.05, 0) is 5.41 Å². The van der Waals surface area contributed by atoms with Gasteiger partial charge in [-0.3, -0.25) is 9.59 Å². The van der Waals surface area contributed by atoms with Gasteiger partial charge in [0.2, 0.25) is 0 Å². The molecule has 0 spiro atoms. The van der Waals surface area contributed by atoms with Gasteiger partial charge < -0.3 is 10.2 Å². The average molecular weight is 237 g/mol. The van der Waals surface area contributed by atoms with Crippen molar-refractivity contribution in [2.45, 2.75) is 39.2 Å². The minimum atomic E-state index is -1.36. The van der Waals surface area contributed by atoms with Gasteiger partial charge in [-0.1, -0.05) is 20.8 Å². The standard InChI is InChI=1S/C10H17ClO4/c1-9(2,3)10(15,6-11)5-7(12)4-8(13)14/h15H,4-6H2,1-3H3,(H,13,14). The number of carbonyl (C=O) groups is 2. The van der Waals surface area contributed by atoms with E-state index in [1.165, 1.54) is 0 Å². The first-order chi connectivity index (χ1) is 6.62. The van der Waals surface area contributed by atoms with Gasteiger partial charge in [-0.2, -0.15) is 0 Å². The second kappa shape index (κ2) is 4.94. The molecule has 0 saturated heterocycles. The van der Waals surface area contributed by atoms with E-state index in [4.69, 9.17) is 16.7 Å². The van der Waals surface area contributed by atoms with Crippen LogP contribution in [0.5, 0.6) is 0 Å². The molecule has 0 aliphatic carbocycles. The van der Waals surface area contributed by atoms with Crippen molar-refractivity contribution in [3.8, 4) is 0 Å². The lowest BCUT2D eigenvalue weighted by Gasteiger charge is -2.38. The number of hydrogen-bond acceptors (Lipinski definition) is 3. The quantitative estimate of drug-likeness (QED) is 0.560. The number of halogens is 1. The molecule has 2 N–H and O–H groups in total. The lowest BCUT2D eigenvalue weighted by Crippen LogP contribution is -2.46. The molecule has 0 aliphatic heterocycles. The van der Waals surface area contributed by atoms with E-state index in [2.05, 4.69) is 0 Å². The lowest BCUT2D eigenvalue weighted by atomic mass is 9.74. The first-order valence-electron chi connectivity index (χ1n) is 4.64. The average Bonchev–Trinajstić information content (AvgIpc) is 2.00. The Kier molecular flexibility index (Phi) is 4.74. The number of alkyl halides is 1. The smallest absolute Gasteiger partial charge is 0.310 e. The van der Waals surface area contributed by atoms with Crippen LogP contribution in [0.2, 0.25) is 0 Å². The zero-order valence-corrected chi connectivity index (χ0v) is 9.97. The molecule has 0 aliphatic rings. The highest BCUT2D eigenvalue weighted by Gasteiger charge is 2.41. The molecule has 0 amide bonds. The molecule has 0 aromatic heterocycles. The van der Waals surface area contributed by atoms with Gasteiger partial charge in [0.05, 0.1) is 11.5 Å². The van der Waals surface area contributed by atoms with Crippen LogP contribution >= 0.6 is 11.6 Å². The van der Waals surface area contributed by atoms with Gasteiger partial charge in [-0.25, -0.2) is 0 Å². The number of Topliss-reactive ketones (excluding diaryl/α,β-unsaturated/α-hetero) is 1. The molecular weight excluding hydrogens is 220 g/mol. The van der Waals surface area contributed by atoms with E-state index < -0.39 is 29.2 Å². The summed E-state index contributed by atoms with van der Waals surface area (Å²) in [6.07, 6.45) is -0.804. The van der Waals surface area contributed by atoms with Gasteiger partial charge in [0.15, 0.2) is 0 Å². The zero-order valence-electron chi connectivity index (χ0n) is 9.21. The monoisotopic (exact) mass is 236 g/mol. The fourth-order valence-electron chi connectivity index (χ4n) is 1.07. The summed E-state index contributed by atoms with van der Waals surface area (Å²) in [6, 6.07) is 0. The van der Waals surface area contributed by atoms with Crippen molar-refractivity contribution in [2.75, 3.05) is 5.88 Å². The van der Waals surface area contributed by atoms with Crippen LogP contribution in [0.1, 0.15) is 33.6 Å². The topological polar surface area (TPSA) is 74.6 Å². The molecule has 0 radical (unpaired) electrons. The second-order valence-corrected chi connectivity index (χ2v) is 4.97. The Morgan fingerprint density at radius 1 is 1.27 bits per heavy atom. The first-order valence-corrected chi connectivity index (χ1v) is 5.18. The highest BCUT2D eigenvalue weighted by Crippen LogP contribution is 2.34. The molecule has 5 heteroatoms. The number of aliphatic hydroxyl groups is 1. The summed E-state index contributed by atoms with van der Waals surface area (Å²) in [5.41, 5.74) is -1.93. The summed E-state index contributed by atoms with van der Waals surface area (Å²) < 4.78 is 0. The minimum Gasteiger partial charge on any atom is -0.481 e. The van der Waals surface area contributed by atoms with E-state index in [-0.39, 0.29) is 12.3 Å². The predicted octanol–water partition coefficient (Wildman–Crippen LogP) is 1.44. The van der Waals surface area contributed by atoms with Crippen molar-refractivity contribution in [2.24, 2.45) is 5.41 Å². The third-order valence-electron chi connectivity index (χ3n) is 2.46. The summed E-state index contributed by atoms with van der Waals surface area (Å²) in [4.78, 5) is 21.6. The fraction of sp³-hybridized carbons (Fsp3) is 0.800. The van der Waals surface area contributed by atoms with E-state index in [9.17, 15) is 14.7 Å². The van der Waals surface area contributed by atoms with Crippen molar-refractivity contribution >= 4 is 23.4 Å². The molecule has 0 bridgehead atoms. The Morgan fingerprint density at radius 2 is 1.73 bits per heavy atom. The van der Waals surface area contributed by atoms with Gasteiger partial charge in [0.25, 0.3) is 0 Å². The van der Waals surface area contributed by atoms with Crippen molar-refractivity contribution in [3.05, 3.63) is 0 Å². The van der Waals surface area contributed by atoms with Crippen molar-refractivity contribution in [1.29, 1.82) is 0 Å². The summed E-state index contributed by atoms with van der Waals surface area (Å²) in [5.74, 6) is -1.80. The molecule has 0 rings (SSSR count). The molecule has 1 unspecified atom stereocenters. The van der Waals surface area contributed by atoms with Crippen molar-refractivity contribution in [3.63, 3.8) is 0 Å². The predicted molar refractivity (Wildman–Crippen MR) is 57.0 cm³/mol. The highest BCUT2D eigenvalue weighted by atomic mass is 35.5. The third-order valence-corrected chi connectivity index (χ3v) is 2.90. The van der Waals surface area contributed by atoms with Crippen LogP contribution in [0.4, 0.5) is 0 Å². The Hall–Kier alpha value is -0.610. The van der Waals surface area contributed by atoms with Gasteiger partial charge >= 0.3 is 5.97 Å². The Labute approximate surface area is 94.2 Å². The van der Waals surface area contributed by atoms with Crippen LogP contribution in [0, 0.1) is 5.41 Å². The molecule has 15 heavy (non-hydrogen) atoms. The van der Waals surface area contributed by atoms with Crippen LogP contribution in [-0.4, -0.2) is 33.4 Å². The fourth-order valence-corrected chi connectivity index (χ4v) is 1.57. The molecule has 1 atom stereocenters. The maximum Gasteiger partial charge on any atom is 0.310 e. The first kappa shape index (κ1) is 14.4. The van der Waals surface area contributed by atoms with E-state index >= 15 is 0 Å². The van der Waals surface area contributed by atoms with Crippen LogP contribution in [-0.2, 0) is 9.59 Å². The molecule has 0 fully saturated rings. The summed E-state index contributed by atoms with van der Waals surface area (Å²) in [6.45, 7) is 5.26. The van der Waals surface area contributed by atoms with Crippen LogP contribution in [0.25, 0.3) is 0 Å². The zero-order chi connectivity index (χ0) is 12.3. The van der Waals surface area contributed by atoms with E-state index in [1.54, 1.807) is 20.8 Å². The maximum atomic E-state index is 11.3. The van der Waals surface area contributed by atoms with Gasteiger partial charge in [-0.15, -0.1) is 11.6 Å². The highest BCUT2D eigenvalue weighted by molar-refractivity contribution is 6.18. The largest absolute Gasteiger partial charge is 0.481 e. The maximum absolute atomic E-state index is 11.3. The number of carbonyl (C=O) groups excluding carboxylic acids is 1. The number of rotatable bonds is 5. The molecule has 88 valence electrons. The molecule has 0 heterocycles. The number of aliphatic carboxylic acids is 1. The number of ketones is 1. The Morgan fingerprint density at radius 3 is 2.00 bits per heavy atom. The van der Waals surface area contributed by atoms with Gasteiger partial charge in [0, 0.05) is 6.42 Å². The molecule has 0 saturated carbocycles. The Balaban J connectivity index is 4.59. The second-order valence-electron chi connectivity index (χ2n) is 4.70. The summed E-state index contributed by atoms with van der Waals surface area (Å²) in [7, 11) is 0. The van der Waals surface area contributed by atoms with Crippen LogP contribution in [0.3, 0.4) is 0 Å². The van der Waals surface area contributed by atoms with Crippen LogP contribution < -0.4 is 0 Å². The van der Waals surface area contributed by atoms with Gasteiger partial charge in [0.1, 0.15) is 12.2 Å². The minimum absolute atomic E-state index is 0.0954. The molecular formula is C10H17ClO4. The van der Waals surface area contributed by atoms with E-state index in [0.717, 1.165) is 0 Å². The van der Waals surface area contributed by atoms with E-state index in [1.807, 2.05) is 0 Å². The number of carboxylic acids is 1. The van der Waals surface area contributed by atoms with Crippen molar-refractivity contribution < 1.29 is 19.8 Å². The van der Waals surface area contributed by atoms with Crippen molar-refractivity contribution in [1.82, 2.24) is 0 Å². The Bertz CT molecular complexity index is 257. The number of hydrogen-bond donors (Lipinski definition) is 2. The van der Waals surface area contributed by atoms with E-state index in [0.29, 0.717) is 0 Å². The molecule has 4 nitrogen and oxygen atoms in total. The molecule has 0 aromatic carbocycles. The van der Waals surface area contributed by atoms with Crippen LogP contribution in [0.15, 0.2) is 0 Å². The normalized spacial score (nSPS) is 15.8. The SMILES string of the molecule is CC(C)(C)C(O)(CCl)CC(=O)CC(=O)O. The number of carboxylic acid groups (broad SMARTS) is 1. The summed E-state index contributed by atoms with van der Waals surface area (Å²) in [5, 5.41) is 18.5. The lowest BCUT2D eigenvalue weighted by molar-refractivity contribution is -0.142.